The first-order valence-electron chi connectivity index (χ1n) is 8.76. The first-order chi connectivity index (χ1) is 13.0. The SMILES string of the molecule is COCCn1c(C)cc(C(=O)CN2C(=O)COc3ccc(OC)cc32)c1C. The second-order valence-corrected chi connectivity index (χ2v) is 6.45. The summed E-state index contributed by atoms with van der Waals surface area (Å²) in [5.74, 6) is 0.795. The van der Waals surface area contributed by atoms with Crippen molar-refractivity contribution in [1.82, 2.24) is 4.57 Å². The van der Waals surface area contributed by atoms with Crippen LogP contribution in [0.5, 0.6) is 11.5 Å². The molecule has 1 aromatic heterocycles. The van der Waals surface area contributed by atoms with Crippen LogP contribution >= 0.6 is 0 Å². The van der Waals surface area contributed by atoms with Crippen LogP contribution in [0.25, 0.3) is 0 Å². The third-order valence-electron chi connectivity index (χ3n) is 4.80. The molecule has 2 aromatic rings. The summed E-state index contributed by atoms with van der Waals surface area (Å²) in [5.41, 5.74) is 3.03. The van der Waals surface area contributed by atoms with E-state index in [0.29, 0.717) is 35.9 Å². The molecule has 1 aromatic carbocycles. The van der Waals surface area contributed by atoms with Crippen LogP contribution in [0.3, 0.4) is 0 Å². The molecule has 1 aliphatic heterocycles. The summed E-state index contributed by atoms with van der Waals surface area (Å²) in [6.07, 6.45) is 0. The van der Waals surface area contributed by atoms with E-state index in [1.807, 2.05) is 19.9 Å². The summed E-state index contributed by atoms with van der Waals surface area (Å²) >= 11 is 0. The Kier molecular flexibility index (Phi) is 5.51. The Balaban J connectivity index is 1.87. The van der Waals surface area contributed by atoms with Gasteiger partial charge in [-0.3, -0.25) is 14.5 Å². The molecule has 1 amide bonds. The van der Waals surface area contributed by atoms with Crippen molar-refractivity contribution in [2.45, 2.75) is 20.4 Å². The summed E-state index contributed by atoms with van der Waals surface area (Å²) in [5, 5.41) is 0. The number of hydrogen-bond donors (Lipinski definition) is 0. The highest BCUT2D eigenvalue weighted by Crippen LogP contribution is 2.35. The number of benzene rings is 1. The molecule has 0 saturated carbocycles. The zero-order chi connectivity index (χ0) is 19.6. The van der Waals surface area contributed by atoms with Crippen molar-refractivity contribution in [3.8, 4) is 11.5 Å². The number of aromatic nitrogens is 1. The quantitative estimate of drug-likeness (QED) is 0.698. The fourth-order valence-electron chi connectivity index (χ4n) is 3.32. The van der Waals surface area contributed by atoms with E-state index >= 15 is 0 Å². The van der Waals surface area contributed by atoms with Gasteiger partial charge in [-0.1, -0.05) is 0 Å². The topological polar surface area (TPSA) is 70.0 Å². The minimum Gasteiger partial charge on any atom is -0.497 e. The van der Waals surface area contributed by atoms with E-state index < -0.39 is 0 Å². The molecule has 0 N–H and O–H groups in total. The van der Waals surface area contributed by atoms with Crippen molar-refractivity contribution in [3.05, 3.63) is 41.2 Å². The standard InChI is InChI=1S/C20H24N2O5/c1-13-9-16(14(2)21(13)7-8-25-3)18(23)11-22-17-10-15(26-4)5-6-19(17)27-12-20(22)24/h5-6,9-10H,7-8,11-12H2,1-4H3. The lowest BCUT2D eigenvalue weighted by atomic mass is 10.1. The van der Waals surface area contributed by atoms with Gasteiger partial charge < -0.3 is 18.8 Å². The lowest BCUT2D eigenvalue weighted by Gasteiger charge is -2.29. The van der Waals surface area contributed by atoms with Gasteiger partial charge in [-0.25, -0.2) is 0 Å². The fourth-order valence-corrected chi connectivity index (χ4v) is 3.32. The molecular weight excluding hydrogens is 348 g/mol. The van der Waals surface area contributed by atoms with Gasteiger partial charge in [0, 0.05) is 36.7 Å². The third-order valence-corrected chi connectivity index (χ3v) is 4.80. The monoisotopic (exact) mass is 372 g/mol. The number of ether oxygens (including phenoxy) is 3. The predicted octanol–water partition coefficient (Wildman–Crippen LogP) is 2.37. The zero-order valence-electron chi connectivity index (χ0n) is 16.1. The molecular formula is C20H24N2O5. The fraction of sp³-hybridized carbons (Fsp3) is 0.400. The van der Waals surface area contributed by atoms with E-state index in [1.165, 1.54) is 4.90 Å². The molecule has 144 valence electrons. The number of carbonyl (C=O) groups excluding carboxylic acids is 2. The summed E-state index contributed by atoms with van der Waals surface area (Å²) < 4.78 is 17.9. The van der Waals surface area contributed by atoms with E-state index in [2.05, 4.69) is 4.57 Å². The number of fused-ring (bicyclic) bond motifs is 1. The van der Waals surface area contributed by atoms with E-state index in [4.69, 9.17) is 14.2 Å². The molecule has 2 heterocycles. The van der Waals surface area contributed by atoms with Crippen molar-refractivity contribution in [1.29, 1.82) is 0 Å². The van der Waals surface area contributed by atoms with Gasteiger partial charge in [0.15, 0.2) is 12.4 Å². The zero-order valence-corrected chi connectivity index (χ0v) is 16.1. The van der Waals surface area contributed by atoms with Gasteiger partial charge in [0.1, 0.15) is 11.5 Å². The van der Waals surface area contributed by atoms with Gasteiger partial charge in [-0.15, -0.1) is 0 Å². The predicted molar refractivity (Wildman–Crippen MR) is 101 cm³/mol. The normalized spacial score (nSPS) is 13.3. The smallest absolute Gasteiger partial charge is 0.265 e. The molecule has 0 spiro atoms. The number of carbonyl (C=O) groups is 2. The van der Waals surface area contributed by atoms with Crippen LogP contribution in [0.1, 0.15) is 21.7 Å². The number of aryl methyl sites for hydroxylation is 1. The molecule has 1 aliphatic rings. The summed E-state index contributed by atoms with van der Waals surface area (Å²) in [4.78, 5) is 26.8. The second-order valence-electron chi connectivity index (χ2n) is 6.45. The van der Waals surface area contributed by atoms with Crippen LogP contribution in [-0.2, 0) is 16.1 Å². The van der Waals surface area contributed by atoms with E-state index in [-0.39, 0.29) is 24.8 Å². The summed E-state index contributed by atoms with van der Waals surface area (Å²) in [7, 11) is 3.20. The van der Waals surface area contributed by atoms with Crippen molar-refractivity contribution in [2.24, 2.45) is 0 Å². The van der Waals surface area contributed by atoms with Crippen molar-refractivity contribution < 1.29 is 23.8 Å². The van der Waals surface area contributed by atoms with Crippen LogP contribution in [0.4, 0.5) is 5.69 Å². The Bertz CT molecular complexity index is 871. The van der Waals surface area contributed by atoms with Gasteiger partial charge in [-0.05, 0) is 32.0 Å². The molecule has 0 bridgehead atoms. The minimum absolute atomic E-state index is 0.0447. The number of Topliss-reactive ketones (excluding diaryl/α,β-unsaturated/α-hetero) is 1. The first-order valence-corrected chi connectivity index (χ1v) is 8.76. The van der Waals surface area contributed by atoms with Crippen molar-refractivity contribution in [3.63, 3.8) is 0 Å². The van der Waals surface area contributed by atoms with Crippen LogP contribution < -0.4 is 14.4 Å². The van der Waals surface area contributed by atoms with Gasteiger partial charge in [0.05, 0.1) is 25.9 Å². The number of nitrogens with zero attached hydrogens (tertiary/aromatic N) is 2. The maximum atomic E-state index is 13.0. The highest BCUT2D eigenvalue weighted by Gasteiger charge is 2.29. The lowest BCUT2D eigenvalue weighted by Crippen LogP contribution is -2.42. The molecule has 0 aliphatic carbocycles. The van der Waals surface area contributed by atoms with Crippen LogP contribution in [0, 0.1) is 13.8 Å². The van der Waals surface area contributed by atoms with Gasteiger partial charge >= 0.3 is 0 Å². The van der Waals surface area contributed by atoms with Crippen LogP contribution in [0.15, 0.2) is 24.3 Å². The van der Waals surface area contributed by atoms with Gasteiger partial charge in [-0.2, -0.15) is 0 Å². The van der Waals surface area contributed by atoms with Crippen molar-refractivity contribution in [2.75, 3.05) is 38.9 Å². The molecule has 0 radical (unpaired) electrons. The Morgan fingerprint density at radius 3 is 2.70 bits per heavy atom. The Labute approximate surface area is 158 Å². The molecule has 0 unspecified atom stereocenters. The second kappa shape index (κ2) is 7.84. The third kappa shape index (κ3) is 3.68. The first kappa shape index (κ1) is 19.0. The molecule has 7 heteroatoms. The number of ketones is 1. The molecule has 0 saturated heterocycles. The Morgan fingerprint density at radius 1 is 1.22 bits per heavy atom. The van der Waals surface area contributed by atoms with E-state index in [9.17, 15) is 9.59 Å². The van der Waals surface area contributed by atoms with E-state index in [1.54, 1.807) is 32.4 Å². The number of anilines is 1. The van der Waals surface area contributed by atoms with Crippen molar-refractivity contribution >= 4 is 17.4 Å². The highest BCUT2D eigenvalue weighted by molar-refractivity contribution is 6.08. The molecule has 0 fully saturated rings. The largest absolute Gasteiger partial charge is 0.497 e. The maximum Gasteiger partial charge on any atom is 0.265 e. The summed E-state index contributed by atoms with van der Waals surface area (Å²) in [6.45, 7) is 4.99. The molecule has 0 atom stereocenters. The van der Waals surface area contributed by atoms with Crippen LogP contribution in [0.2, 0.25) is 0 Å². The summed E-state index contributed by atoms with van der Waals surface area (Å²) in [6, 6.07) is 7.08. The van der Waals surface area contributed by atoms with Gasteiger partial charge in [0.2, 0.25) is 0 Å². The molecule has 27 heavy (non-hydrogen) atoms. The number of methoxy groups -OCH3 is 2. The Morgan fingerprint density at radius 2 is 2.00 bits per heavy atom. The molecule has 7 nitrogen and oxygen atoms in total. The average molecular weight is 372 g/mol. The molecule has 3 rings (SSSR count). The maximum absolute atomic E-state index is 13.0. The lowest BCUT2D eigenvalue weighted by molar-refractivity contribution is -0.121. The number of hydrogen-bond acceptors (Lipinski definition) is 5. The minimum atomic E-state index is -0.253. The highest BCUT2D eigenvalue weighted by atomic mass is 16.5. The average Bonchev–Trinajstić information content (AvgIpc) is 2.95. The number of amides is 1. The van der Waals surface area contributed by atoms with Crippen LogP contribution in [-0.4, -0.2) is 50.2 Å². The van der Waals surface area contributed by atoms with E-state index in [0.717, 1.165) is 11.4 Å². The van der Waals surface area contributed by atoms with Gasteiger partial charge in [0.25, 0.3) is 5.91 Å². The number of rotatable bonds is 7. The Hall–Kier alpha value is -2.80.